The first kappa shape index (κ1) is 25.8. The van der Waals surface area contributed by atoms with Gasteiger partial charge in [-0.15, -0.1) is 0 Å². The van der Waals surface area contributed by atoms with Gasteiger partial charge < -0.3 is 39.6 Å². The van der Waals surface area contributed by atoms with Gasteiger partial charge in [-0.3, -0.25) is 9.80 Å². The zero-order valence-electron chi connectivity index (χ0n) is 11.0. The predicted molar refractivity (Wildman–Crippen MR) is 52.9 cm³/mol. The fraction of sp³-hybridized carbons (Fsp3) is 0.600. The van der Waals surface area contributed by atoms with Crippen molar-refractivity contribution in [1.29, 1.82) is 0 Å². The van der Waals surface area contributed by atoms with Crippen LogP contribution in [0.4, 0.5) is 0 Å². The summed E-state index contributed by atoms with van der Waals surface area (Å²) >= 11 is 0. The molecular formula is C10H12Cu2N2O8-2. The summed E-state index contributed by atoms with van der Waals surface area (Å²) in [7, 11) is 0. The van der Waals surface area contributed by atoms with Crippen LogP contribution in [0, 0.1) is 0 Å². The third kappa shape index (κ3) is 15.2. The maximum Gasteiger partial charge on any atom is 1.00 e. The summed E-state index contributed by atoms with van der Waals surface area (Å²) in [6.07, 6.45) is 0. The van der Waals surface area contributed by atoms with E-state index in [4.69, 9.17) is 0 Å². The first-order chi connectivity index (χ1) is 9.20. The Balaban J connectivity index is -0.00000180. The molecule has 0 N–H and O–H groups in total. The minimum Gasteiger partial charge on any atom is -0.549 e. The van der Waals surface area contributed by atoms with Crippen LogP contribution in [0.25, 0.3) is 0 Å². The standard InChI is InChI=1S/C10H16N2O8.2Cu/c13-7(14)3-11(4-8(15)16)1-2-12(5-9(17)18)6-10(19)20;;/h1-6H2,(H,13,14)(H,15,16)(H,17,18)(H,19,20);;/q;2*+1/p-4. The molecule has 0 amide bonds. The molecule has 0 aliphatic heterocycles. The molecule has 0 aliphatic carbocycles. The summed E-state index contributed by atoms with van der Waals surface area (Å²) in [5, 5.41) is 41.6. The van der Waals surface area contributed by atoms with Crippen LogP contribution < -0.4 is 20.4 Å². The van der Waals surface area contributed by atoms with Crippen LogP contribution in [-0.2, 0) is 53.3 Å². The predicted octanol–water partition coefficient (Wildman–Crippen LogP) is -7.42. The SMILES string of the molecule is O=C([O-])CN(CCN(CC(=O)[O-])CC(=O)[O-])CC(=O)[O-].[Cu+].[Cu+]. The number of hydrogen-bond donors (Lipinski definition) is 0. The van der Waals surface area contributed by atoms with E-state index in [9.17, 15) is 39.6 Å². The molecule has 0 aromatic heterocycles. The molecule has 0 bridgehead atoms. The monoisotopic (exact) mass is 414 g/mol. The van der Waals surface area contributed by atoms with E-state index < -0.39 is 50.1 Å². The first-order valence-corrected chi connectivity index (χ1v) is 5.44. The van der Waals surface area contributed by atoms with E-state index in [-0.39, 0.29) is 47.2 Å². The molecule has 134 valence electrons. The molecule has 10 nitrogen and oxygen atoms in total. The number of rotatable bonds is 11. The van der Waals surface area contributed by atoms with Crippen LogP contribution in [-0.4, -0.2) is 72.9 Å². The third-order valence-electron chi connectivity index (χ3n) is 2.14. The van der Waals surface area contributed by atoms with Gasteiger partial charge in [-0.2, -0.15) is 0 Å². The van der Waals surface area contributed by atoms with Crippen molar-refractivity contribution in [2.75, 3.05) is 39.3 Å². The van der Waals surface area contributed by atoms with Gasteiger partial charge >= 0.3 is 34.1 Å². The minimum absolute atomic E-state index is 0. The molecule has 0 aromatic carbocycles. The second kappa shape index (κ2) is 13.5. The zero-order valence-corrected chi connectivity index (χ0v) is 12.9. The van der Waals surface area contributed by atoms with Crippen LogP contribution >= 0.6 is 0 Å². The molecule has 0 aromatic rings. The molecule has 0 radical (unpaired) electrons. The Morgan fingerprint density at radius 1 is 0.545 bits per heavy atom. The molecule has 0 aliphatic rings. The average Bonchev–Trinajstić information content (AvgIpc) is 2.22. The van der Waals surface area contributed by atoms with Gasteiger partial charge in [0.25, 0.3) is 0 Å². The fourth-order valence-electron chi connectivity index (χ4n) is 1.44. The molecule has 22 heavy (non-hydrogen) atoms. The van der Waals surface area contributed by atoms with E-state index in [0.717, 1.165) is 9.80 Å². The summed E-state index contributed by atoms with van der Waals surface area (Å²) in [5.74, 6) is -6.12. The van der Waals surface area contributed by atoms with Gasteiger partial charge in [0.05, 0.1) is 23.9 Å². The van der Waals surface area contributed by atoms with E-state index in [0.29, 0.717) is 0 Å². The molecular weight excluding hydrogens is 403 g/mol. The van der Waals surface area contributed by atoms with Gasteiger partial charge in [0, 0.05) is 39.3 Å². The van der Waals surface area contributed by atoms with Crippen molar-refractivity contribution in [1.82, 2.24) is 9.80 Å². The van der Waals surface area contributed by atoms with Gasteiger partial charge in [0.1, 0.15) is 0 Å². The Hall–Kier alpha value is -1.16. The Bertz CT molecular complexity index is 325. The van der Waals surface area contributed by atoms with Crippen LogP contribution in [0.5, 0.6) is 0 Å². The number of carbonyl (C=O) groups is 4. The number of carbonyl (C=O) groups excluding carboxylic acids is 4. The Kier molecular flexibility index (Phi) is 15.8. The molecule has 0 saturated heterocycles. The van der Waals surface area contributed by atoms with Crippen LogP contribution in [0.2, 0.25) is 0 Å². The fourth-order valence-corrected chi connectivity index (χ4v) is 1.44. The normalized spacial score (nSPS) is 9.73. The second-order valence-corrected chi connectivity index (χ2v) is 3.91. The van der Waals surface area contributed by atoms with Crippen molar-refractivity contribution in [3.05, 3.63) is 0 Å². The van der Waals surface area contributed by atoms with Gasteiger partial charge in [0.15, 0.2) is 0 Å². The van der Waals surface area contributed by atoms with Gasteiger partial charge in [0.2, 0.25) is 0 Å². The maximum atomic E-state index is 10.4. The van der Waals surface area contributed by atoms with E-state index >= 15 is 0 Å². The summed E-state index contributed by atoms with van der Waals surface area (Å²) in [5.41, 5.74) is 0. The van der Waals surface area contributed by atoms with E-state index in [1.165, 1.54) is 0 Å². The topological polar surface area (TPSA) is 167 Å². The number of carboxylic acid groups (broad SMARTS) is 4. The molecule has 0 fully saturated rings. The van der Waals surface area contributed by atoms with Crippen molar-refractivity contribution in [3.63, 3.8) is 0 Å². The molecule has 0 saturated carbocycles. The van der Waals surface area contributed by atoms with Crippen LogP contribution in [0.1, 0.15) is 0 Å². The van der Waals surface area contributed by atoms with Gasteiger partial charge in [-0.1, -0.05) is 0 Å². The first-order valence-electron chi connectivity index (χ1n) is 5.44. The van der Waals surface area contributed by atoms with E-state index in [1.54, 1.807) is 0 Å². The van der Waals surface area contributed by atoms with Crippen molar-refractivity contribution in [2.45, 2.75) is 0 Å². The number of carboxylic acids is 4. The van der Waals surface area contributed by atoms with Crippen molar-refractivity contribution < 1.29 is 73.7 Å². The summed E-state index contributed by atoms with van der Waals surface area (Å²) < 4.78 is 0. The van der Waals surface area contributed by atoms with Crippen molar-refractivity contribution >= 4 is 23.9 Å². The molecule has 0 spiro atoms. The third-order valence-corrected chi connectivity index (χ3v) is 2.14. The number of hydrogen-bond acceptors (Lipinski definition) is 10. The smallest absolute Gasteiger partial charge is 0.549 e. The van der Waals surface area contributed by atoms with Gasteiger partial charge in [-0.25, -0.2) is 0 Å². The summed E-state index contributed by atoms with van der Waals surface area (Å²) in [6.45, 7) is -3.25. The minimum atomic E-state index is -1.53. The summed E-state index contributed by atoms with van der Waals surface area (Å²) in [4.78, 5) is 43.4. The molecule has 0 unspecified atom stereocenters. The van der Waals surface area contributed by atoms with Crippen LogP contribution in [0.3, 0.4) is 0 Å². The molecule has 0 atom stereocenters. The Labute approximate surface area is 147 Å². The summed E-state index contributed by atoms with van der Waals surface area (Å²) in [6, 6.07) is 0. The molecule has 12 heteroatoms. The number of aliphatic carboxylic acids is 4. The van der Waals surface area contributed by atoms with Crippen LogP contribution in [0.15, 0.2) is 0 Å². The zero-order chi connectivity index (χ0) is 15.7. The Morgan fingerprint density at radius 2 is 0.727 bits per heavy atom. The number of nitrogens with zero attached hydrogens (tertiary/aromatic N) is 2. The second-order valence-electron chi connectivity index (χ2n) is 3.91. The molecule has 0 rings (SSSR count). The largest absolute Gasteiger partial charge is 1.00 e. The average molecular weight is 415 g/mol. The maximum absolute atomic E-state index is 10.4. The van der Waals surface area contributed by atoms with Gasteiger partial charge in [-0.05, 0) is 0 Å². The quantitative estimate of drug-likeness (QED) is 0.296. The van der Waals surface area contributed by atoms with Crippen molar-refractivity contribution in [3.8, 4) is 0 Å². The van der Waals surface area contributed by atoms with Crippen molar-refractivity contribution in [2.24, 2.45) is 0 Å². The van der Waals surface area contributed by atoms with E-state index in [1.807, 2.05) is 0 Å². The van der Waals surface area contributed by atoms with E-state index in [2.05, 4.69) is 0 Å². The Morgan fingerprint density at radius 3 is 0.864 bits per heavy atom. The molecule has 0 heterocycles.